The zero-order valence-corrected chi connectivity index (χ0v) is 8.87. The van der Waals surface area contributed by atoms with Crippen LogP contribution in [-0.2, 0) is 9.53 Å². The lowest BCUT2D eigenvalue weighted by Crippen LogP contribution is -2.25. The van der Waals surface area contributed by atoms with Crippen LogP contribution in [0.1, 0.15) is 20.3 Å². The van der Waals surface area contributed by atoms with Crippen molar-refractivity contribution >= 4 is 28.6 Å². The van der Waals surface area contributed by atoms with Gasteiger partial charge in [0.25, 0.3) is 0 Å². The molecule has 4 heteroatoms. The highest BCUT2D eigenvalue weighted by Crippen LogP contribution is 2.09. The summed E-state index contributed by atoms with van der Waals surface area (Å²) >= 11 is 2.07. The molecule has 0 amide bonds. The van der Waals surface area contributed by atoms with Gasteiger partial charge in [0.05, 0.1) is 10.0 Å². The summed E-state index contributed by atoms with van der Waals surface area (Å²) < 4.78 is 4.72. The number of aliphatic hydroxyl groups is 1. The molecule has 0 aromatic rings. The van der Waals surface area contributed by atoms with Crippen LogP contribution < -0.4 is 0 Å². The van der Waals surface area contributed by atoms with Gasteiger partial charge in [-0.3, -0.25) is 4.79 Å². The average molecular weight is 272 g/mol. The maximum Gasteiger partial charge on any atom is 0.302 e. The topological polar surface area (TPSA) is 46.5 Å². The number of hydrogen-bond acceptors (Lipinski definition) is 3. The molecular weight excluding hydrogens is 259 g/mol. The van der Waals surface area contributed by atoms with Crippen LogP contribution in [0.2, 0.25) is 0 Å². The van der Waals surface area contributed by atoms with Crippen molar-refractivity contribution in [3.63, 3.8) is 0 Å². The van der Waals surface area contributed by atoms with Crippen molar-refractivity contribution < 1.29 is 14.6 Å². The Bertz CT molecular complexity index is 127. The van der Waals surface area contributed by atoms with Crippen molar-refractivity contribution in [2.75, 3.05) is 6.61 Å². The molecule has 0 saturated heterocycles. The molecule has 3 nitrogen and oxygen atoms in total. The Hall–Kier alpha value is 0.160. The van der Waals surface area contributed by atoms with Gasteiger partial charge >= 0.3 is 5.97 Å². The minimum atomic E-state index is -0.380. The number of carbonyl (C=O) groups excluding carboxylic acids is 1. The molecule has 11 heavy (non-hydrogen) atoms. The van der Waals surface area contributed by atoms with Crippen LogP contribution in [0.25, 0.3) is 0 Å². The van der Waals surface area contributed by atoms with E-state index in [-0.39, 0.29) is 16.0 Å². The lowest BCUT2D eigenvalue weighted by molar-refractivity contribution is -0.141. The van der Waals surface area contributed by atoms with E-state index in [9.17, 15) is 9.90 Å². The molecule has 0 aromatic carbocycles. The van der Waals surface area contributed by atoms with E-state index in [4.69, 9.17) is 4.74 Å². The highest BCUT2D eigenvalue weighted by atomic mass is 127. The molecule has 0 aliphatic rings. The van der Waals surface area contributed by atoms with Gasteiger partial charge in [0.15, 0.2) is 0 Å². The second-order valence-electron chi connectivity index (χ2n) is 2.29. The van der Waals surface area contributed by atoms with Gasteiger partial charge in [-0.25, -0.2) is 0 Å². The van der Waals surface area contributed by atoms with Crippen molar-refractivity contribution in [3.8, 4) is 0 Å². The van der Waals surface area contributed by atoms with Crippen molar-refractivity contribution in [2.45, 2.75) is 30.3 Å². The quantitative estimate of drug-likeness (QED) is 0.474. The van der Waals surface area contributed by atoms with Crippen LogP contribution in [0.15, 0.2) is 0 Å². The fourth-order valence-corrected chi connectivity index (χ4v) is 1.25. The third-order valence-electron chi connectivity index (χ3n) is 1.28. The maximum atomic E-state index is 10.4. The van der Waals surface area contributed by atoms with E-state index in [0.717, 1.165) is 0 Å². The van der Waals surface area contributed by atoms with E-state index in [0.29, 0.717) is 13.0 Å². The van der Waals surface area contributed by atoms with E-state index in [2.05, 4.69) is 22.6 Å². The molecule has 0 rings (SSSR count). The number of carbonyl (C=O) groups is 1. The third-order valence-corrected chi connectivity index (χ3v) is 2.47. The summed E-state index contributed by atoms with van der Waals surface area (Å²) in [5, 5.41) is 9.24. The molecule has 0 heterocycles. The van der Waals surface area contributed by atoms with Gasteiger partial charge in [-0.1, -0.05) is 29.5 Å². The minimum absolute atomic E-state index is 0.00139. The molecule has 0 aromatic heterocycles. The maximum absolute atomic E-state index is 10.4. The predicted molar refractivity (Wildman–Crippen MR) is 50.7 cm³/mol. The Labute approximate surface area is 80.3 Å². The first-order valence-corrected chi connectivity index (χ1v) is 4.78. The fourth-order valence-electron chi connectivity index (χ4n) is 0.564. The second kappa shape index (κ2) is 5.77. The molecule has 0 spiro atoms. The van der Waals surface area contributed by atoms with Gasteiger partial charge in [0.1, 0.15) is 6.61 Å². The summed E-state index contributed by atoms with van der Waals surface area (Å²) in [5.41, 5.74) is 0. The number of halogens is 1. The highest BCUT2D eigenvalue weighted by molar-refractivity contribution is 14.1. The summed E-state index contributed by atoms with van der Waals surface area (Å²) in [7, 11) is 0. The SMILES string of the molecule is CC[C@@H](O)[C@H](I)COC(C)=O. The molecule has 66 valence electrons. The smallest absolute Gasteiger partial charge is 0.302 e. The van der Waals surface area contributed by atoms with Crippen LogP contribution in [0.3, 0.4) is 0 Å². The van der Waals surface area contributed by atoms with Crippen LogP contribution in [-0.4, -0.2) is 27.7 Å². The molecule has 0 unspecified atom stereocenters. The van der Waals surface area contributed by atoms with Crippen LogP contribution in [0.4, 0.5) is 0 Å². The lowest BCUT2D eigenvalue weighted by atomic mass is 10.2. The van der Waals surface area contributed by atoms with Crippen molar-refractivity contribution in [1.82, 2.24) is 0 Å². The second-order valence-corrected chi connectivity index (χ2v) is 3.89. The number of rotatable bonds is 4. The summed E-state index contributed by atoms with van der Waals surface area (Å²) in [5.74, 6) is -0.296. The third kappa shape index (κ3) is 5.43. The Morgan fingerprint density at radius 2 is 2.27 bits per heavy atom. The van der Waals surface area contributed by atoms with Gasteiger partial charge in [-0.05, 0) is 6.42 Å². The van der Waals surface area contributed by atoms with E-state index >= 15 is 0 Å². The molecule has 0 aliphatic heterocycles. The van der Waals surface area contributed by atoms with E-state index in [1.54, 1.807) is 0 Å². The van der Waals surface area contributed by atoms with Crippen LogP contribution in [0, 0.1) is 0 Å². The van der Waals surface area contributed by atoms with E-state index in [1.807, 2.05) is 6.92 Å². The van der Waals surface area contributed by atoms with E-state index in [1.165, 1.54) is 6.92 Å². The molecular formula is C7H13IO3. The Morgan fingerprint density at radius 3 is 2.64 bits per heavy atom. The molecule has 0 aliphatic carbocycles. The van der Waals surface area contributed by atoms with Crippen LogP contribution >= 0.6 is 22.6 Å². The monoisotopic (exact) mass is 272 g/mol. The summed E-state index contributed by atoms with van der Waals surface area (Å²) in [4.78, 5) is 10.4. The van der Waals surface area contributed by atoms with Gasteiger partial charge in [0.2, 0.25) is 0 Å². The number of ether oxygens (including phenoxy) is 1. The first-order chi connectivity index (χ1) is 5.07. The molecule has 2 atom stereocenters. The highest BCUT2D eigenvalue weighted by Gasteiger charge is 2.14. The number of esters is 1. The Morgan fingerprint density at radius 1 is 1.73 bits per heavy atom. The molecule has 0 saturated carbocycles. The van der Waals surface area contributed by atoms with Gasteiger partial charge in [-0.2, -0.15) is 0 Å². The predicted octanol–water partition coefficient (Wildman–Crippen LogP) is 1.12. The zero-order valence-electron chi connectivity index (χ0n) is 6.71. The van der Waals surface area contributed by atoms with Crippen molar-refractivity contribution in [3.05, 3.63) is 0 Å². The van der Waals surface area contributed by atoms with Gasteiger partial charge < -0.3 is 9.84 Å². The van der Waals surface area contributed by atoms with Gasteiger partial charge in [0, 0.05) is 6.92 Å². The van der Waals surface area contributed by atoms with Crippen LogP contribution in [0.5, 0.6) is 0 Å². The fraction of sp³-hybridized carbons (Fsp3) is 0.857. The van der Waals surface area contributed by atoms with E-state index < -0.39 is 0 Å². The first-order valence-electron chi connectivity index (χ1n) is 3.53. The van der Waals surface area contributed by atoms with Crippen molar-refractivity contribution in [2.24, 2.45) is 0 Å². The molecule has 0 bridgehead atoms. The number of aliphatic hydroxyl groups excluding tert-OH is 1. The largest absolute Gasteiger partial charge is 0.465 e. The average Bonchev–Trinajstić information content (AvgIpc) is 1.98. The zero-order chi connectivity index (χ0) is 8.85. The summed E-state index contributed by atoms with van der Waals surface area (Å²) in [6, 6.07) is 0. The van der Waals surface area contributed by atoms with Crippen molar-refractivity contribution in [1.29, 1.82) is 0 Å². The lowest BCUT2D eigenvalue weighted by Gasteiger charge is -2.14. The molecule has 0 fully saturated rings. The molecule has 1 N–H and O–H groups in total. The summed E-state index contributed by atoms with van der Waals surface area (Å²) in [6.45, 7) is 3.55. The standard InChI is InChI=1S/C7H13IO3/c1-3-7(10)6(8)4-11-5(2)9/h6-7,10H,3-4H2,1-2H3/t6-,7-/m1/s1. The summed E-state index contributed by atoms with van der Waals surface area (Å²) in [6.07, 6.45) is 0.310. The Balaban J connectivity index is 3.51. The minimum Gasteiger partial charge on any atom is -0.465 e. The molecule has 0 radical (unpaired) electrons. The normalized spacial score (nSPS) is 15.6. The first kappa shape index (κ1) is 11.2. The number of hydrogen-bond donors (Lipinski definition) is 1. The Kier molecular flexibility index (Phi) is 5.85. The van der Waals surface area contributed by atoms with Gasteiger partial charge in [-0.15, -0.1) is 0 Å². The number of alkyl halides is 1.